The summed E-state index contributed by atoms with van der Waals surface area (Å²) in [5, 5.41) is 3.04. The third kappa shape index (κ3) is 5.01. The minimum absolute atomic E-state index is 0.000876. The summed E-state index contributed by atoms with van der Waals surface area (Å²) in [6, 6.07) is 9.37. The lowest BCUT2D eigenvalue weighted by atomic mass is 10.1. The Hall–Kier alpha value is -3.99. The minimum atomic E-state index is -4.64. The molecule has 36 heavy (non-hydrogen) atoms. The van der Waals surface area contributed by atoms with Crippen molar-refractivity contribution in [1.29, 1.82) is 0 Å². The second-order valence-corrected chi connectivity index (χ2v) is 7.99. The number of nitrogens with zero attached hydrogens (tertiary/aromatic N) is 2. The summed E-state index contributed by atoms with van der Waals surface area (Å²) in [6.45, 7) is 2.03. The van der Waals surface area contributed by atoms with E-state index in [-0.39, 0.29) is 53.9 Å². The molecule has 188 valence electrons. The number of alkyl halides is 3. The van der Waals surface area contributed by atoms with Crippen molar-refractivity contribution in [3.05, 3.63) is 76.6 Å². The van der Waals surface area contributed by atoms with Crippen LogP contribution in [0.15, 0.2) is 46.9 Å². The number of amides is 1. The lowest BCUT2D eigenvalue weighted by Gasteiger charge is -2.11. The Morgan fingerprint density at radius 2 is 1.92 bits per heavy atom. The summed E-state index contributed by atoms with van der Waals surface area (Å²) in [7, 11) is 1.33. The van der Waals surface area contributed by atoms with E-state index in [0.29, 0.717) is 16.5 Å². The Balaban J connectivity index is 1.72. The molecule has 2 heterocycles. The summed E-state index contributed by atoms with van der Waals surface area (Å²) in [5.74, 6) is -0.522. The maximum atomic E-state index is 13.4. The number of oxazole rings is 1. The Bertz CT molecular complexity index is 1430. The molecule has 0 atom stereocenters. The number of carbonyl (C=O) groups is 1. The predicted octanol–water partition coefficient (Wildman–Crippen LogP) is 4.80. The van der Waals surface area contributed by atoms with Crippen molar-refractivity contribution >= 4 is 16.8 Å². The first-order chi connectivity index (χ1) is 17.1. The topological polar surface area (TPSA) is 103 Å². The van der Waals surface area contributed by atoms with E-state index in [4.69, 9.17) is 14.9 Å². The summed E-state index contributed by atoms with van der Waals surface area (Å²) >= 11 is 0. The molecule has 0 saturated heterocycles. The molecule has 2 aromatic heterocycles. The highest BCUT2D eigenvalue weighted by Gasteiger charge is 2.33. The third-order valence-electron chi connectivity index (χ3n) is 5.59. The fraction of sp³-hybridized carbons (Fsp3) is 0.240. The molecule has 2 aromatic carbocycles. The minimum Gasteiger partial charge on any atom is -0.494 e. The first-order valence-corrected chi connectivity index (χ1v) is 10.9. The predicted molar refractivity (Wildman–Crippen MR) is 124 cm³/mol. The molecule has 0 bridgehead atoms. The van der Waals surface area contributed by atoms with Crippen LogP contribution in [0.5, 0.6) is 5.75 Å². The molecule has 0 aliphatic heterocycles. The van der Waals surface area contributed by atoms with Gasteiger partial charge in [-0.25, -0.2) is 14.4 Å². The quantitative estimate of drug-likeness (QED) is 0.352. The van der Waals surface area contributed by atoms with Crippen LogP contribution in [0.2, 0.25) is 0 Å². The summed E-state index contributed by atoms with van der Waals surface area (Å²) in [6.07, 6.45) is -4.43. The smallest absolute Gasteiger partial charge is 0.433 e. The van der Waals surface area contributed by atoms with Gasteiger partial charge in [-0.3, -0.25) is 4.79 Å². The van der Waals surface area contributed by atoms with Crippen LogP contribution < -0.4 is 15.8 Å². The molecular weight excluding hydrogens is 480 g/mol. The maximum Gasteiger partial charge on any atom is 0.433 e. The fourth-order valence-electron chi connectivity index (χ4n) is 3.76. The van der Waals surface area contributed by atoms with Gasteiger partial charge in [-0.2, -0.15) is 13.2 Å². The van der Waals surface area contributed by atoms with E-state index in [1.807, 2.05) is 0 Å². The molecule has 0 fully saturated rings. The van der Waals surface area contributed by atoms with Crippen LogP contribution in [0, 0.1) is 12.7 Å². The van der Waals surface area contributed by atoms with Crippen molar-refractivity contribution in [3.8, 4) is 17.2 Å². The van der Waals surface area contributed by atoms with E-state index < -0.39 is 17.8 Å². The van der Waals surface area contributed by atoms with Gasteiger partial charge in [-0.15, -0.1) is 0 Å². The van der Waals surface area contributed by atoms with Gasteiger partial charge < -0.3 is 20.2 Å². The van der Waals surface area contributed by atoms with Gasteiger partial charge >= 0.3 is 6.18 Å². The zero-order chi connectivity index (χ0) is 26.0. The second kappa shape index (κ2) is 9.94. The molecule has 0 aliphatic rings. The lowest BCUT2D eigenvalue weighted by molar-refractivity contribution is -0.140. The largest absolute Gasteiger partial charge is 0.494 e. The van der Waals surface area contributed by atoms with Gasteiger partial charge in [0, 0.05) is 23.9 Å². The van der Waals surface area contributed by atoms with Crippen molar-refractivity contribution in [1.82, 2.24) is 15.3 Å². The SMILES string of the molecule is COc1ccc(-c2nc(C(=O)NCc3ccc(F)cc3C)c(CCN)o2)c2ccc(C(F)(F)F)nc12. The highest BCUT2D eigenvalue weighted by atomic mass is 19.4. The van der Waals surface area contributed by atoms with Crippen LogP contribution in [0.25, 0.3) is 22.4 Å². The number of hydrogen-bond donors (Lipinski definition) is 2. The van der Waals surface area contributed by atoms with Gasteiger partial charge in [0.15, 0.2) is 5.69 Å². The molecule has 0 spiro atoms. The summed E-state index contributed by atoms with van der Waals surface area (Å²) in [4.78, 5) is 21.0. The normalized spacial score (nSPS) is 11.6. The van der Waals surface area contributed by atoms with Crippen molar-refractivity contribution in [2.75, 3.05) is 13.7 Å². The zero-order valence-electron chi connectivity index (χ0n) is 19.4. The number of fused-ring (bicyclic) bond motifs is 1. The number of aromatic nitrogens is 2. The van der Waals surface area contributed by atoms with Crippen LogP contribution in [-0.2, 0) is 19.1 Å². The molecule has 3 N–H and O–H groups in total. The van der Waals surface area contributed by atoms with Gasteiger partial charge in [0.2, 0.25) is 5.89 Å². The molecule has 11 heteroatoms. The maximum absolute atomic E-state index is 13.4. The van der Waals surface area contributed by atoms with Crippen molar-refractivity contribution in [3.63, 3.8) is 0 Å². The van der Waals surface area contributed by atoms with Crippen molar-refractivity contribution in [2.45, 2.75) is 26.1 Å². The molecule has 1 amide bonds. The number of rotatable bonds is 7. The van der Waals surface area contributed by atoms with Gasteiger partial charge in [0.1, 0.15) is 28.5 Å². The number of ether oxygens (including phenoxy) is 1. The monoisotopic (exact) mass is 502 g/mol. The lowest BCUT2D eigenvalue weighted by Crippen LogP contribution is -2.25. The Labute approximate surface area is 203 Å². The number of carbonyl (C=O) groups excluding carboxylic acids is 1. The van der Waals surface area contributed by atoms with Gasteiger partial charge in [-0.05, 0) is 61.0 Å². The Kier molecular flexibility index (Phi) is 6.93. The van der Waals surface area contributed by atoms with Crippen LogP contribution in [0.4, 0.5) is 17.6 Å². The van der Waals surface area contributed by atoms with Crippen molar-refractivity contribution < 1.29 is 31.5 Å². The number of pyridine rings is 1. The Morgan fingerprint density at radius 3 is 2.58 bits per heavy atom. The van der Waals surface area contributed by atoms with E-state index in [0.717, 1.165) is 11.6 Å². The third-order valence-corrected chi connectivity index (χ3v) is 5.59. The molecular formula is C25H22F4N4O3. The van der Waals surface area contributed by atoms with Crippen LogP contribution in [-0.4, -0.2) is 29.5 Å². The first-order valence-electron chi connectivity index (χ1n) is 10.9. The number of aryl methyl sites for hydroxylation is 1. The number of methoxy groups -OCH3 is 1. The molecule has 4 aromatic rings. The Morgan fingerprint density at radius 1 is 1.14 bits per heavy atom. The van der Waals surface area contributed by atoms with Crippen LogP contribution >= 0.6 is 0 Å². The van der Waals surface area contributed by atoms with E-state index in [1.165, 1.54) is 31.4 Å². The average Bonchev–Trinajstić information content (AvgIpc) is 3.25. The van der Waals surface area contributed by atoms with Crippen LogP contribution in [0.1, 0.15) is 33.1 Å². The number of halogens is 4. The fourth-order valence-corrected chi connectivity index (χ4v) is 3.76. The van der Waals surface area contributed by atoms with E-state index in [9.17, 15) is 22.4 Å². The molecule has 0 radical (unpaired) electrons. The number of benzene rings is 2. The molecule has 7 nitrogen and oxygen atoms in total. The highest BCUT2D eigenvalue weighted by Crippen LogP contribution is 2.37. The molecule has 4 rings (SSSR count). The summed E-state index contributed by atoms with van der Waals surface area (Å²) < 4.78 is 64.1. The standard InChI is InChI=1S/C25H22F4N4O3/c1-13-11-15(26)4-3-14(13)12-31-23(34)22-19(9-10-30)36-24(33-22)17-5-7-18(35-2)21-16(17)6-8-20(32-21)25(27,28)29/h3-8,11H,9-10,12,30H2,1-2H3,(H,31,34). The zero-order valence-corrected chi connectivity index (χ0v) is 19.4. The highest BCUT2D eigenvalue weighted by molar-refractivity contribution is 5.98. The van der Waals surface area contributed by atoms with E-state index in [1.54, 1.807) is 19.1 Å². The summed E-state index contributed by atoms with van der Waals surface area (Å²) in [5.41, 5.74) is 6.31. The molecule has 0 aliphatic carbocycles. The van der Waals surface area contributed by atoms with Crippen LogP contribution in [0.3, 0.4) is 0 Å². The van der Waals surface area contributed by atoms with Gasteiger partial charge in [0.25, 0.3) is 5.91 Å². The average molecular weight is 502 g/mol. The molecule has 0 unspecified atom stereocenters. The second-order valence-electron chi connectivity index (χ2n) is 7.99. The van der Waals surface area contributed by atoms with E-state index in [2.05, 4.69) is 15.3 Å². The molecule has 0 saturated carbocycles. The number of nitrogens with one attached hydrogen (secondary N) is 1. The first kappa shape index (κ1) is 25.1. The number of nitrogens with two attached hydrogens (primary N) is 1. The van der Waals surface area contributed by atoms with Gasteiger partial charge in [-0.1, -0.05) is 6.07 Å². The van der Waals surface area contributed by atoms with Gasteiger partial charge in [0.05, 0.1) is 7.11 Å². The van der Waals surface area contributed by atoms with Crippen molar-refractivity contribution in [2.24, 2.45) is 5.73 Å². The number of hydrogen-bond acceptors (Lipinski definition) is 6. The van der Waals surface area contributed by atoms with E-state index >= 15 is 0 Å².